The fourth-order valence-electron chi connectivity index (χ4n) is 1.29. The Kier molecular flexibility index (Phi) is 2.60. The van der Waals surface area contributed by atoms with E-state index in [1.54, 1.807) is 13.8 Å². The van der Waals surface area contributed by atoms with E-state index >= 15 is 0 Å². The van der Waals surface area contributed by atoms with Crippen molar-refractivity contribution in [2.75, 3.05) is 5.75 Å². The Hall–Kier alpha value is -0.290. The number of carbonyl (C=O) groups is 1. The van der Waals surface area contributed by atoms with Gasteiger partial charge in [-0.3, -0.25) is 4.79 Å². The molecule has 1 rings (SSSR count). The van der Waals surface area contributed by atoms with Crippen LogP contribution in [0.3, 0.4) is 0 Å². The Balaban J connectivity index is 2.77. The lowest BCUT2D eigenvalue weighted by Gasteiger charge is -2.21. The highest BCUT2D eigenvalue weighted by Crippen LogP contribution is 2.35. The van der Waals surface area contributed by atoms with Crippen LogP contribution in [0.1, 0.15) is 20.3 Å². The van der Waals surface area contributed by atoms with Crippen LogP contribution in [0.15, 0.2) is 0 Å². The van der Waals surface area contributed by atoms with Crippen molar-refractivity contribution in [3.05, 3.63) is 0 Å². The van der Waals surface area contributed by atoms with Gasteiger partial charge in [0.25, 0.3) is 0 Å². The van der Waals surface area contributed by atoms with Gasteiger partial charge in [-0.2, -0.15) is 0 Å². The monoisotopic (exact) mass is 226 g/mol. The molecule has 1 aliphatic rings. The van der Waals surface area contributed by atoms with Gasteiger partial charge in [0.2, 0.25) is 9.05 Å². The van der Waals surface area contributed by atoms with E-state index in [1.165, 1.54) is 0 Å². The summed E-state index contributed by atoms with van der Waals surface area (Å²) < 4.78 is 26.4. The summed E-state index contributed by atoms with van der Waals surface area (Å²) >= 11 is 0. The molecule has 0 bridgehead atoms. The van der Waals surface area contributed by atoms with Crippen LogP contribution < -0.4 is 0 Å². The lowest BCUT2D eigenvalue weighted by Crippen LogP contribution is -2.30. The number of cyclic esters (lactones) is 1. The van der Waals surface area contributed by atoms with Gasteiger partial charge < -0.3 is 4.74 Å². The first kappa shape index (κ1) is 10.8. The molecule has 0 aromatic rings. The summed E-state index contributed by atoms with van der Waals surface area (Å²) in [5, 5.41) is 0. The third-order valence-electron chi connectivity index (χ3n) is 2.10. The predicted octanol–water partition coefficient (Wildman–Crippen LogP) is 0.897. The molecule has 1 unspecified atom stereocenters. The standard InChI is InChI=1S/C7H11ClO4S/c1-7(2)3-6(9)12-5(7)4-13(8,10)11/h5H,3-4H2,1-2H3. The zero-order valence-corrected chi connectivity index (χ0v) is 8.98. The van der Waals surface area contributed by atoms with Gasteiger partial charge in [0.05, 0.1) is 6.42 Å². The van der Waals surface area contributed by atoms with Crippen LogP contribution in [0, 0.1) is 5.41 Å². The van der Waals surface area contributed by atoms with E-state index in [0.717, 1.165) is 0 Å². The van der Waals surface area contributed by atoms with Gasteiger partial charge in [0, 0.05) is 16.1 Å². The molecule has 13 heavy (non-hydrogen) atoms. The van der Waals surface area contributed by atoms with Crippen molar-refractivity contribution in [2.24, 2.45) is 5.41 Å². The molecule has 0 N–H and O–H groups in total. The van der Waals surface area contributed by atoms with Crippen LogP contribution in [0.2, 0.25) is 0 Å². The first-order valence-corrected chi connectivity index (χ1v) is 6.30. The van der Waals surface area contributed by atoms with Gasteiger partial charge >= 0.3 is 5.97 Å². The minimum atomic E-state index is -3.61. The van der Waals surface area contributed by atoms with Crippen LogP contribution in [-0.4, -0.2) is 26.2 Å². The molecule has 0 spiro atoms. The summed E-state index contributed by atoms with van der Waals surface area (Å²) in [6, 6.07) is 0. The van der Waals surface area contributed by atoms with E-state index in [-0.39, 0.29) is 18.1 Å². The van der Waals surface area contributed by atoms with Crippen LogP contribution in [0.25, 0.3) is 0 Å². The maximum Gasteiger partial charge on any atom is 0.306 e. The second-order valence-corrected chi connectivity index (χ2v) is 6.67. The molecule has 1 heterocycles. The lowest BCUT2D eigenvalue weighted by molar-refractivity contribution is -0.140. The maximum atomic E-state index is 10.9. The number of rotatable bonds is 2. The highest BCUT2D eigenvalue weighted by Gasteiger charge is 2.43. The van der Waals surface area contributed by atoms with Crippen LogP contribution >= 0.6 is 10.7 Å². The van der Waals surface area contributed by atoms with Gasteiger partial charge in [-0.05, 0) is 0 Å². The molecule has 0 amide bonds. The van der Waals surface area contributed by atoms with E-state index in [1.807, 2.05) is 0 Å². The van der Waals surface area contributed by atoms with Gasteiger partial charge in [-0.1, -0.05) is 13.8 Å². The Morgan fingerprint density at radius 1 is 1.62 bits per heavy atom. The average Bonchev–Trinajstić information content (AvgIpc) is 2.00. The minimum Gasteiger partial charge on any atom is -0.461 e. The van der Waals surface area contributed by atoms with E-state index in [9.17, 15) is 13.2 Å². The smallest absolute Gasteiger partial charge is 0.306 e. The molecule has 0 aromatic heterocycles. The highest BCUT2D eigenvalue weighted by atomic mass is 35.7. The summed E-state index contributed by atoms with van der Waals surface area (Å²) in [5.41, 5.74) is -0.445. The van der Waals surface area contributed by atoms with Gasteiger partial charge in [-0.25, -0.2) is 8.42 Å². The lowest BCUT2D eigenvalue weighted by atomic mass is 9.86. The molecule has 1 saturated heterocycles. The number of esters is 1. The first-order chi connectivity index (χ1) is 5.71. The minimum absolute atomic E-state index is 0.240. The van der Waals surface area contributed by atoms with Crippen LogP contribution in [-0.2, 0) is 18.6 Å². The maximum absolute atomic E-state index is 10.9. The number of halogens is 1. The zero-order chi connectivity index (χ0) is 10.3. The van der Waals surface area contributed by atoms with Crippen molar-refractivity contribution in [1.29, 1.82) is 0 Å². The van der Waals surface area contributed by atoms with E-state index < -0.39 is 20.6 Å². The molecule has 6 heteroatoms. The van der Waals surface area contributed by atoms with Crippen molar-refractivity contribution >= 4 is 25.7 Å². The quantitative estimate of drug-likeness (QED) is 0.519. The number of carbonyl (C=O) groups excluding carboxylic acids is 1. The summed E-state index contributed by atoms with van der Waals surface area (Å²) in [7, 11) is 1.46. The normalized spacial score (nSPS) is 27.3. The number of ether oxygens (including phenoxy) is 1. The number of hydrogen-bond acceptors (Lipinski definition) is 4. The largest absolute Gasteiger partial charge is 0.461 e. The molecule has 4 nitrogen and oxygen atoms in total. The molecule has 76 valence electrons. The summed E-state index contributed by atoms with van der Waals surface area (Å²) in [4.78, 5) is 10.9. The molecule has 1 atom stereocenters. The fraction of sp³-hybridized carbons (Fsp3) is 0.857. The SMILES string of the molecule is CC1(C)CC(=O)OC1CS(=O)(=O)Cl. The highest BCUT2D eigenvalue weighted by molar-refractivity contribution is 8.13. The second-order valence-electron chi connectivity index (χ2n) is 3.85. The molecule has 0 radical (unpaired) electrons. The van der Waals surface area contributed by atoms with Gasteiger partial charge in [-0.15, -0.1) is 0 Å². The number of hydrogen-bond donors (Lipinski definition) is 0. The van der Waals surface area contributed by atoms with E-state index in [2.05, 4.69) is 0 Å². The topological polar surface area (TPSA) is 60.4 Å². The molecule has 1 aliphatic heterocycles. The van der Waals surface area contributed by atoms with Crippen molar-refractivity contribution in [2.45, 2.75) is 26.4 Å². The molecule has 0 aromatic carbocycles. The fourth-order valence-corrected chi connectivity index (χ4v) is 2.51. The molecular formula is C7H11ClO4S. The molecule has 0 aliphatic carbocycles. The van der Waals surface area contributed by atoms with E-state index in [0.29, 0.717) is 0 Å². The van der Waals surface area contributed by atoms with Crippen molar-refractivity contribution in [1.82, 2.24) is 0 Å². The predicted molar refractivity (Wildman–Crippen MR) is 47.9 cm³/mol. The first-order valence-electron chi connectivity index (χ1n) is 3.82. The second kappa shape index (κ2) is 3.13. The molecular weight excluding hydrogens is 216 g/mol. The van der Waals surface area contributed by atoms with E-state index in [4.69, 9.17) is 15.4 Å². The Morgan fingerprint density at radius 2 is 2.15 bits per heavy atom. The summed E-state index contributed by atoms with van der Waals surface area (Å²) in [6.07, 6.45) is -0.383. The Labute approximate surface area is 81.6 Å². The Morgan fingerprint density at radius 3 is 2.46 bits per heavy atom. The van der Waals surface area contributed by atoms with Gasteiger partial charge in [0.1, 0.15) is 11.9 Å². The molecule has 1 fully saturated rings. The third-order valence-corrected chi connectivity index (χ3v) is 3.17. The van der Waals surface area contributed by atoms with Crippen molar-refractivity contribution in [3.63, 3.8) is 0 Å². The average molecular weight is 227 g/mol. The zero-order valence-electron chi connectivity index (χ0n) is 7.41. The summed E-state index contributed by atoms with van der Waals surface area (Å²) in [6.45, 7) is 3.56. The van der Waals surface area contributed by atoms with Gasteiger partial charge in [0.15, 0.2) is 0 Å². The van der Waals surface area contributed by atoms with Crippen LogP contribution in [0.5, 0.6) is 0 Å². The van der Waals surface area contributed by atoms with Crippen LogP contribution in [0.4, 0.5) is 0 Å². The third kappa shape index (κ3) is 2.84. The van der Waals surface area contributed by atoms with Crippen molar-refractivity contribution in [3.8, 4) is 0 Å². The van der Waals surface area contributed by atoms with Crippen molar-refractivity contribution < 1.29 is 17.9 Å². The Bertz CT molecular complexity index is 319. The molecule has 0 saturated carbocycles. The summed E-state index contributed by atoms with van der Waals surface area (Å²) in [5.74, 6) is -0.678.